The summed E-state index contributed by atoms with van der Waals surface area (Å²) < 4.78 is 1.86. The summed E-state index contributed by atoms with van der Waals surface area (Å²) in [5, 5.41) is 1.14. The van der Waals surface area contributed by atoms with Gasteiger partial charge in [0.1, 0.15) is 5.65 Å². The van der Waals surface area contributed by atoms with Crippen LogP contribution < -0.4 is 11.0 Å². The zero-order chi connectivity index (χ0) is 14.3. The van der Waals surface area contributed by atoms with Crippen molar-refractivity contribution in [2.75, 3.05) is 0 Å². The highest BCUT2D eigenvalue weighted by molar-refractivity contribution is 6.52. The Morgan fingerprint density at radius 3 is 2.75 bits per heavy atom. The van der Waals surface area contributed by atoms with Crippen LogP contribution in [0.1, 0.15) is 37.3 Å². The Hall–Kier alpha value is -1.36. The van der Waals surface area contributed by atoms with Crippen molar-refractivity contribution in [1.29, 1.82) is 0 Å². The first-order valence-corrected chi connectivity index (χ1v) is 7.57. The molecule has 0 spiro atoms. The Balaban J connectivity index is 2.40. The van der Waals surface area contributed by atoms with E-state index in [1.54, 1.807) is 6.20 Å². The molecule has 0 amide bonds. The molecule has 0 unspecified atom stereocenters. The Bertz CT molecular complexity index is 722. The van der Waals surface area contributed by atoms with Crippen molar-refractivity contribution in [3.8, 4) is 0 Å². The van der Waals surface area contributed by atoms with Gasteiger partial charge in [0.15, 0.2) is 7.28 Å². The fraction of sp³-hybridized carbons (Fsp3) is 0.500. The minimum Gasteiger partial charge on any atom is -0.290 e. The number of aromatic nitrogens is 3. The highest BCUT2D eigenvalue weighted by atomic mass is 35.5. The van der Waals surface area contributed by atoms with Crippen LogP contribution in [0, 0.1) is 6.92 Å². The molecule has 1 aliphatic carbocycles. The van der Waals surface area contributed by atoms with Crippen molar-refractivity contribution in [2.24, 2.45) is 0 Å². The van der Waals surface area contributed by atoms with E-state index in [1.165, 1.54) is 12.8 Å². The molecule has 2 aromatic rings. The summed E-state index contributed by atoms with van der Waals surface area (Å²) in [6.45, 7) is 3.99. The molecule has 1 aliphatic rings. The lowest BCUT2D eigenvalue weighted by atomic mass is 9.71. The normalized spacial score (nSPS) is 15.9. The van der Waals surface area contributed by atoms with E-state index in [0.29, 0.717) is 5.65 Å². The largest absolute Gasteiger partial charge is 0.290 e. The van der Waals surface area contributed by atoms with E-state index in [-0.39, 0.29) is 16.9 Å². The van der Waals surface area contributed by atoms with Crippen molar-refractivity contribution >= 4 is 35.4 Å². The van der Waals surface area contributed by atoms with Gasteiger partial charge in [-0.05, 0) is 42.4 Å². The average Bonchev–Trinajstić information content (AvgIpc) is 2.93. The van der Waals surface area contributed by atoms with Gasteiger partial charge in [-0.15, -0.1) is 0 Å². The number of halogens is 1. The van der Waals surface area contributed by atoms with Crippen LogP contribution in [-0.2, 0) is 0 Å². The van der Waals surface area contributed by atoms with Gasteiger partial charge in [-0.3, -0.25) is 9.36 Å². The van der Waals surface area contributed by atoms with Gasteiger partial charge in [0.25, 0.3) is 0 Å². The van der Waals surface area contributed by atoms with Gasteiger partial charge in [0.2, 0.25) is 10.8 Å². The molecule has 104 valence electrons. The number of rotatable bonds is 2. The molecule has 0 saturated heterocycles. The molecule has 2 aromatic heterocycles. The Morgan fingerprint density at radius 1 is 1.40 bits per heavy atom. The molecule has 0 atom stereocenters. The second-order valence-electron chi connectivity index (χ2n) is 5.45. The lowest BCUT2D eigenvalue weighted by Gasteiger charge is -2.19. The van der Waals surface area contributed by atoms with Crippen molar-refractivity contribution in [3.63, 3.8) is 0 Å². The van der Waals surface area contributed by atoms with E-state index in [2.05, 4.69) is 9.97 Å². The minimum absolute atomic E-state index is 0.0965. The SMILES string of the molecule is CBc1c(C)c2cnc(Cl)nc2n(C2CCCC2)c1=O. The number of fused-ring (bicyclic) bond motifs is 1. The quantitative estimate of drug-likeness (QED) is 0.627. The summed E-state index contributed by atoms with van der Waals surface area (Å²) in [6, 6.07) is 0.252. The summed E-state index contributed by atoms with van der Waals surface area (Å²) in [4.78, 5) is 21.2. The number of aryl methyl sites for hydroxylation is 1. The lowest BCUT2D eigenvalue weighted by molar-refractivity contribution is 0.517. The van der Waals surface area contributed by atoms with Gasteiger partial charge in [-0.25, -0.2) is 4.98 Å². The second kappa shape index (κ2) is 5.21. The van der Waals surface area contributed by atoms with Gasteiger partial charge >= 0.3 is 0 Å². The Kier molecular flexibility index (Phi) is 3.54. The van der Waals surface area contributed by atoms with E-state index in [9.17, 15) is 4.79 Å². The van der Waals surface area contributed by atoms with Crippen molar-refractivity contribution in [2.45, 2.75) is 45.5 Å². The molecule has 6 heteroatoms. The van der Waals surface area contributed by atoms with E-state index < -0.39 is 0 Å². The van der Waals surface area contributed by atoms with E-state index in [1.807, 2.05) is 18.3 Å². The third kappa shape index (κ3) is 2.04. The molecule has 20 heavy (non-hydrogen) atoms. The van der Waals surface area contributed by atoms with Crippen LogP contribution in [0.3, 0.4) is 0 Å². The van der Waals surface area contributed by atoms with E-state index in [4.69, 9.17) is 11.6 Å². The maximum Gasteiger partial charge on any atom is 0.246 e. The third-order valence-electron chi connectivity index (χ3n) is 4.34. The van der Waals surface area contributed by atoms with Crippen LogP contribution in [0.25, 0.3) is 11.0 Å². The average molecular weight is 290 g/mol. The molecule has 0 aromatic carbocycles. The van der Waals surface area contributed by atoms with Crippen LogP contribution in [0.5, 0.6) is 0 Å². The molecule has 0 N–H and O–H groups in total. The molecule has 3 rings (SSSR count). The van der Waals surface area contributed by atoms with Gasteiger partial charge in [0, 0.05) is 17.6 Å². The molecule has 0 bridgehead atoms. The van der Waals surface area contributed by atoms with Crippen LogP contribution in [0.15, 0.2) is 11.0 Å². The van der Waals surface area contributed by atoms with Gasteiger partial charge in [-0.2, -0.15) is 4.98 Å². The lowest BCUT2D eigenvalue weighted by Crippen LogP contribution is -2.41. The maximum absolute atomic E-state index is 12.8. The Labute approximate surface area is 123 Å². The highest BCUT2D eigenvalue weighted by Gasteiger charge is 2.23. The predicted molar refractivity (Wildman–Crippen MR) is 83.7 cm³/mol. The van der Waals surface area contributed by atoms with Crippen molar-refractivity contribution < 1.29 is 0 Å². The minimum atomic E-state index is 0.0965. The standard InChI is InChI=1S/C14H17BClN3O/c1-8-10-7-17-14(16)18-12(10)19(9-5-3-4-6-9)13(20)11(8)15-2/h7,9,15H,3-6H2,1-2H3. The second-order valence-corrected chi connectivity index (χ2v) is 5.78. The van der Waals surface area contributed by atoms with Gasteiger partial charge in [-0.1, -0.05) is 19.7 Å². The molecular formula is C14H17BClN3O. The maximum atomic E-state index is 12.8. The van der Waals surface area contributed by atoms with Gasteiger partial charge in [0.05, 0.1) is 0 Å². The van der Waals surface area contributed by atoms with Crippen LogP contribution in [-0.4, -0.2) is 21.8 Å². The molecule has 0 aliphatic heterocycles. The van der Waals surface area contributed by atoms with E-state index >= 15 is 0 Å². The topological polar surface area (TPSA) is 47.8 Å². The number of nitrogens with zero attached hydrogens (tertiary/aromatic N) is 3. The fourth-order valence-corrected chi connectivity index (χ4v) is 3.41. The molecule has 0 radical (unpaired) electrons. The van der Waals surface area contributed by atoms with Gasteiger partial charge < -0.3 is 0 Å². The first-order chi connectivity index (χ1) is 9.63. The van der Waals surface area contributed by atoms with E-state index in [0.717, 1.165) is 36.5 Å². The zero-order valence-corrected chi connectivity index (χ0v) is 12.6. The van der Waals surface area contributed by atoms with Crippen LogP contribution >= 0.6 is 11.6 Å². The third-order valence-corrected chi connectivity index (χ3v) is 4.53. The summed E-state index contributed by atoms with van der Waals surface area (Å²) >= 11 is 5.94. The predicted octanol–water partition coefficient (Wildman–Crippen LogP) is 1.98. The fourth-order valence-electron chi connectivity index (χ4n) is 3.28. The Morgan fingerprint density at radius 2 is 2.10 bits per heavy atom. The summed E-state index contributed by atoms with van der Waals surface area (Å²) in [7, 11) is 0.732. The van der Waals surface area contributed by atoms with Crippen molar-refractivity contribution in [3.05, 3.63) is 27.4 Å². The van der Waals surface area contributed by atoms with Crippen molar-refractivity contribution in [1.82, 2.24) is 14.5 Å². The first-order valence-electron chi connectivity index (χ1n) is 7.19. The molecule has 4 nitrogen and oxygen atoms in total. The van der Waals surface area contributed by atoms with Crippen LogP contribution in [0.2, 0.25) is 12.1 Å². The highest BCUT2D eigenvalue weighted by Crippen LogP contribution is 2.30. The number of pyridine rings is 1. The molecular weight excluding hydrogens is 272 g/mol. The zero-order valence-electron chi connectivity index (χ0n) is 11.8. The summed E-state index contributed by atoms with van der Waals surface area (Å²) in [5.74, 6) is 0. The molecule has 1 saturated carbocycles. The first kappa shape index (κ1) is 13.6. The number of hydrogen-bond acceptors (Lipinski definition) is 3. The summed E-state index contributed by atoms with van der Waals surface area (Å²) in [5.41, 5.74) is 2.64. The molecule has 1 fully saturated rings. The van der Waals surface area contributed by atoms with Crippen LogP contribution in [0.4, 0.5) is 0 Å². The molecule has 2 heterocycles. The monoisotopic (exact) mass is 289 g/mol. The number of hydrogen-bond donors (Lipinski definition) is 0. The summed E-state index contributed by atoms with van der Waals surface area (Å²) in [6.07, 6.45) is 6.18. The smallest absolute Gasteiger partial charge is 0.246 e.